The Hall–Kier alpha value is -1.02. The van der Waals surface area contributed by atoms with Crippen molar-refractivity contribution in [2.45, 2.75) is 85.0 Å². The molecule has 0 aliphatic heterocycles. The highest BCUT2D eigenvalue weighted by atomic mass is 16.5. The Kier molecular flexibility index (Phi) is 7.13. The van der Waals surface area contributed by atoms with Gasteiger partial charge in [-0.3, -0.25) is 0 Å². The molecule has 132 valence electrons. The maximum atomic E-state index is 6.23. The molecule has 0 fully saturated rings. The van der Waals surface area contributed by atoms with Gasteiger partial charge in [0.25, 0.3) is 0 Å². The minimum Gasteiger partial charge on any atom is -0.493 e. The minimum absolute atomic E-state index is 0.0763. The van der Waals surface area contributed by atoms with Crippen LogP contribution in [0.5, 0.6) is 5.75 Å². The van der Waals surface area contributed by atoms with Gasteiger partial charge >= 0.3 is 0 Å². The molecule has 0 unspecified atom stereocenters. The number of benzene rings is 1. The van der Waals surface area contributed by atoms with Crippen LogP contribution in [0.3, 0.4) is 0 Å². The molecule has 0 radical (unpaired) electrons. The maximum absolute atomic E-state index is 6.23. The van der Waals surface area contributed by atoms with Gasteiger partial charge in [-0.1, -0.05) is 60.6 Å². The first kappa shape index (κ1) is 20.0. The van der Waals surface area contributed by atoms with Crippen LogP contribution in [0.25, 0.3) is 0 Å². The molecule has 0 aliphatic carbocycles. The summed E-state index contributed by atoms with van der Waals surface area (Å²) in [6.07, 6.45) is 4.37. The summed E-state index contributed by atoms with van der Waals surface area (Å²) in [6, 6.07) is 4.72. The van der Waals surface area contributed by atoms with E-state index in [1.807, 2.05) is 0 Å². The lowest BCUT2D eigenvalue weighted by molar-refractivity contribution is 0.299. The van der Waals surface area contributed by atoms with Crippen molar-refractivity contribution in [1.29, 1.82) is 0 Å². The molecule has 2 nitrogen and oxygen atoms in total. The number of nitrogens with two attached hydrogens (primary N) is 1. The molecule has 1 aromatic rings. The summed E-state index contributed by atoms with van der Waals surface area (Å²) in [4.78, 5) is 0. The first-order valence-corrected chi connectivity index (χ1v) is 9.12. The van der Waals surface area contributed by atoms with E-state index in [2.05, 4.69) is 60.6 Å². The predicted octanol–water partition coefficient (Wildman–Crippen LogP) is 5.35. The molecular weight excluding hydrogens is 282 g/mol. The Morgan fingerprint density at radius 2 is 1.43 bits per heavy atom. The summed E-state index contributed by atoms with van der Waals surface area (Å²) in [5.74, 6) is 1.11. The average Bonchev–Trinajstić information content (AvgIpc) is 2.43. The Balaban J connectivity index is 3.39. The second kappa shape index (κ2) is 8.19. The fourth-order valence-corrected chi connectivity index (χ4v) is 2.78. The second-order valence-corrected chi connectivity index (χ2v) is 8.61. The van der Waals surface area contributed by atoms with Gasteiger partial charge in [-0.05, 0) is 48.6 Å². The van der Waals surface area contributed by atoms with E-state index < -0.39 is 0 Å². The number of aryl methyl sites for hydroxylation is 1. The van der Waals surface area contributed by atoms with Gasteiger partial charge in [0, 0.05) is 11.1 Å². The normalized spacial score (nSPS) is 12.5. The van der Waals surface area contributed by atoms with Crippen LogP contribution in [0.1, 0.15) is 84.4 Å². The lowest BCUT2D eigenvalue weighted by Crippen LogP contribution is -2.20. The Morgan fingerprint density at radius 1 is 0.913 bits per heavy atom. The van der Waals surface area contributed by atoms with Gasteiger partial charge in [0.1, 0.15) is 5.75 Å². The van der Waals surface area contributed by atoms with Crippen molar-refractivity contribution in [3.63, 3.8) is 0 Å². The van der Waals surface area contributed by atoms with E-state index >= 15 is 0 Å². The first-order chi connectivity index (χ1) is 10.6. The van der Waals surface area contributed by atoms with Gasteiger partial charge in [0.2, 0.25) is 0 Å². The van der Waals surface area contributed by atoms with Crippen LogP contribution < -0.4 is 10.5 Å². The largest absolute Gasteiger partial charge is 0.493 e. The molecule has 0 aliphatic rings. The van der Waals surface area contributed by atoms with Gasteiger partial charge in [-0.15, -0.1) is 0 Å². The third-order valence-electron chi connectivity index (χ3n) is 4.13. The zero-order valence-corrected chi connectivity index (χ0v) is 16.4. The molecule has 0 saturated carbocycles. The molecule has 2 N–H and O–H groups in total. The molecule has 0 atom stereocenters. The predicted molar refractivity (Wildman–Crippen MR) is 102 cm³/mol. The highest BCUT2D eigenvalue weighted by molar-refractivity contribution is 5.51. The van der Waals surface area contributed by atoms with E-state index in [9.17, 15) is 0 Å². The fourth-order valence-electron chi connectivity index (χ4n) is 2.78. The molecule has 0 bridgehead atoms. The third-order valence-corrected chi connectivity index (χ3v) is 4.13. The molecule has 1 aromatic carbocycles. The lowest BCUT2D eigenvalue weighted by atomic mass is 9.78. The van der Waals surface area contributed by atoms with Crippen LogP contribution in [0, 0.1) is 0 Å². The summed E-state index contributed by atoms with van der Waals surface area (Å²) < 4.78 is 6.23. The SMILES string of the molecule is CCCOc1c(C(C)(C)C)cc(CCCCN)cc1C(C)(C)C. The standard InChI is InChI=1S/C21H37NO/c1-8-13-23-19-17(20(2,3)4)14-16(11-9-10-12-22)15-18(19)21(5,6)7/h14-15H,8-13,22H2,1-7H3. The highest BCUT2D eigenvalue weighted by Gasteiger charge is 2.27. The van der Waals surface area contributed by atoms with Gasteiger partial charge in [-0.2, -0.15) is 0 Å². The van der Waals surface area contributed by atoms with E-state index in [0.29, 0.717) is 0 Å². The molecule has 0 spiro atoms. The van der Waals surface area contributed by atoms with Crippen molar-refractivity contribution in [1.82, 2.24) is 0 Å². The van der Waals surface area contributed by atoms with Crippen LogP contribution in [0.2, 0.25) is 0 Å². The Morgan fingerprint density at radius 3 is 1.83 bits per heavy atom. The maximum Gasteiger partial charge on any atom is 0.126 e. The number of unbranched alkanes of at least 4 members (excludes halogenated alkanes) is 1. The molecular formula is C21H37NO. The molecule has 23 heavy (non-hydrogen) atoms. The van der Waals surface area contributed by atoms with Crippen LogP contribution in [0.15, 0.2) is 12.1 Å². The summed E-state index contributed by atoms with van der Waals surface area (Å²) in [6.45, 7) is 17.4. The van der Waals surface area contributed by atoms with Crippen molar-refractivity contribution in [2.24, 2.45) is 5.73 Å². The number of ether oxygens (including phenoxy) is 1. The van der Waals surface area contributed by atoms with Crippen LogP contribution in [0.4, 0.5) is 0 Å². The molecule has 2 heteroatoms. The van der Waals surface area contributed by atoms with E-state index in [1.165, 1.54) is 16.7 Å². The topological polar surface area (TPSA) is 35.2 Å². The summed E-state index contributed by atoms with van der Waals surface area (Å²) >= 11 is 0. The van der Waals surface area contributed by atoms with Crippen LogP contribution >= 0.6 is 0 Å². The highest BCUT2D eigenvalue weighted by Crippen LogP contribution is 2.41. The smallest absolute Gasteiger partial charge is 0.126 e. The molecule has 0 heterocycles. The Bertz CT molecular complexity index is 457. The average molecular weight is 320 g/mol. The number of hydrogen-bond acceptors (Lipinski definition) is 2. The monoisotopic (exact) mass is 319 g/mol. The van der Waals surface area contributed by atoms with Crippen LogP contribution in [-0.4, -0.2) is 13.2 Å². The van der Waals surface area contributed by atoms with Crippen molar-refractivity contribution in [3.8, 4) is 5.75 Å². The second-order valence-electron chi connectivity index (χ2n) is 8.61. The van der Waals surface area contributed by atoms with Gasteiger partial charge in [0.15, 0.2) is 0 Å². The molecule has 0 amide bonds. The fraction of sp³-hybridized carbons (Fsp3) is 0.714. The number of hydrogen-bond donors (Lipinski definition) is 1. The molecule has 1 rings (SSSR count). The first-order valence-electron chi connectivity index (χ1n) is 9.12. The summed E-state index contributed by atoms with van der Waals surface area (Å²) in [5, 5.41) is 0. The van der Waals surface area contributed by atoms with E-state index in [4.69, 9.17) is 10.5 Å². The van der Waals surface area contributed by atoms with Crippen LogP contribution in [-0.2, 0) is 17.3 Å². The lowest BCUT2D eigenvalue weighted by Gasteiger charge is -2.30. The minimum atomic E-state index is 0.0763. The zero-order valence-electron chi connectivity index (χ0n) is 16.4. The van der Waals surface area contributed by atoms with E-state index in [-0.39, 0.29) is 10.8 Å². The number of rotatable bonds is 7. The zero-order chi connectivity index (χ0) is 17.7. The van der Waals surface area contributed by atoms with Crippen molar-refractivity contribution >= 4 is 0 Å². The van der Waals surface area contributed by atoms with Crippen molar-refractivity contribution in [2.75, 3.05) is 13.2 Å². The van der Waals surface area contributed by atoms with E-state index in [0.717, 1.165) is 44.6 Å². The summed E-state index contributed by atoms with van der Waals surface area (Å²) in [5.41, 5.74) is 9.89. The third kappa shape index (κ3) is 5.84. The van der Waals surface area contributed by atoms with Crippen molar-refractivity contribution < 1.29 is 4.74 Å². The van der Waals surface area contributed by atoms with Gasteiger partial charge in [-0.25, -0.2) is 0 Å². The summed E-state index contributed by atoms with van der Waals surface area (Å²) in [7, 11) is 0. The quantitative estimate of drug-likeness (QED) is 0.687. The Labute approximate surface area is 143 Å². The van der Waals surface area contributed by atoms with Gasteiger partial charge < -0.3 is 10.5 Å². The van der Waals surface area contributed by atoms with E-state index in [1.54, 1.807) is 0 Å². The van der Waals surface area contributed by atoms with Crippen molar-refractivity contribution in [3.05, 3.63) is 28.8 Å². The molecule has 0 aromatic heterocycles. The molecule has 0 saturated heterocycles. The van der Waals surface area contributed by atoms with Gasteiger partial charge in [0.05, 0.1) is 6.61 Å².